The van der Waals surface area contributed by atoms with Gasteiger partial charge in [-0.15, -0.1) is 0 Å². The van der Waals surface area contributed by atoms with Gasteiger partial charge in [0.25, 0.3) is 0 Å². The van der Waals surface area contributed by atoms with Crippen LogP contribution in [0.2, 0.25) is 0 Å². The molecule has 0 heterocycles. The number of carbonyl (C=O) groups is 2. The lowest BCUT2D eigenvalue weighted by molar-refractivity contribution is -0.176. The summed E-state index contributed by atoms with van der Waals surface area (Å²) in [5, 5.41) is 1.64. The Bertz CT molecular complexity index is 290. The molecule has 1 amide bonds. The summed E-state index contributed by atoms with van der Waals surface area (Å²) in [6.45, 7) is 5.09. The number of amides is 1. The van der Waals surface area contributed by atoms with Gasteiger partial charge in [0.1, 0.15) is 6.04 Å². The minimum absolute atomic E-state index is 0.139. The first-order chi connectivity index (χ1) is 8.20. The zero-order valence-corrected chi connectivity index (χ0v) is 10.6. The molecular weight excluding hydrogens is 251 g/mol. The molecule has 0 fully saturated rings. The maximum Gasteiger partial charge on any atom is 0.471 e. The van der Waals surface area contributed by atoms with Crippen LogP contribution in [0, 0.1) is 5.92 Å². The molecule has 1 atom stereocenters. The first-order valence-corrected chi connectivity index (χ1v) is 5.74. The summed E-state index contributed by atoms with van der Waals surface area (Å²) in [7, 11) is 0. The lowest BCUT2D eigenvalue weighted by Gasteiger charge is -2.21. The minimum Gasteiger partial charge on any atom is -0.464 e. The Morgan fingerprint density at radius 2 is 1.83 bits per heavy atom. The summed E-state index contributed by atoms with van der Waals surface area (Å²) in [4.78, 5) is 22.3. The number of alkyl halides is 3. The molecule has 0 aromatic rings. The number of hydrogen-bond acceptors (Lipinski definition) is 3. The van der Waals surface area contributed by atoms with E-state index in [0.717, 1.165) is 6.42 Å². The maximum atomic E-state index is 12.1. The van der Waals surface area contributed by atoms with Crippen molar-refractivity contribution in [3.63, 3.8) is 0 Å². The number of hydrogen-bond donors (Lipinski definition) is 1. The number of unbranched alkanes of at least 4 members (excludes halogenated alkanes) is 1. The molecule has 4 nitrogen and oxygen atoms in total. The van der Waals surface area contributed by atoms with Gasteiger partial charge in [-0.2, -0.15) is 13.2 Å². The monoisotopic (exact) mass is 269 g/mol. The smallest absolute Gasteiger partial charge is 0.464 e. The highest BCUT2D eigenvalue weighted by molar-refractivity contribution is 5.87. The van der Waals surface area contributed by atoms with Gasteiger partial charge in [0.05, 0.1) is 6.61 Å². The average molecular weight is 269 g/mol. The van der Waals surface area contributed by atoms with Crippen LogP contribution in [0.4, 0.5) is 13.2 Å². The van der Waals surface area contributed by atoms with Crippen LogP contribution in [-0.2, 0) is 14.3 Å². The Labute approximate surface area is 104 Å². The van der Waals surface area contributed by atoms with Gasteiger partial charge in [-0.1, -0.05) is 27.2 Å². The second-order valence-corrected chi connectivity index (χ2v) is 4.21. The van der Waals surface area contributed by atoms with Crippen LogP contribution < -0.4 is 5.32 Å². The molecule has 0 aromatic carbocycles. The predicted octanol–water partition coefficient (Wildman–Crippen LogP) is 2.03. The molecule has 0 radical (unpaired) electrons. The van der Waals surface area contributed by atoms with E-state index in [-0.39, 0.29) is 6.61 Å². The molecule has 7 heteroatoms. The molecule has 0 rings (SSSR count). The molecule has 0 saturated heterocycles. The Kier molecular flexibility index (Phi) is 6.72. The van der Waals surface area contributed by atoms with E-state index >= 15 is 0 Å². The number of ether oxygens (including phenoxy) is 1. The van der Waals surface area contributed by atoms with Crippen LogP contribution in [0.1, 0.15) is 33.6 Å². The molecule has 1 N–H and O–H groups in total. The summed E-state index contributed by atoms with van der Waals surface area (Å²) in [6.07, 6.45) is -3.57. The van der Waals surface area contributed by atoms with Crippen molar-refractivity contribution in [2.24, 2.45) is 5.92 Å². The molecule has 106 valence electrons. The summed E-state index contributed by atoms with van der Waals surface area (Å²) in [5.41, 5.74) is 0. The van der Waals surface area contributed by atoms with E-state index in [4.69, 9.17) is 4.74 Å². The van der Waals surface area contributed by atoms with E-state index in [9.17, 15) is 22.8 Å². The van der Waals surface area contributed by atoms with E-state index in [1.165, 1.54) is 13.8 Å². The number of halogens is 3. The fourth-order valence-electron chi connectivity index (χ4n) is 1.13. The van der Waals surface area contributed by atoms with Crippen LogP contribution in [0.25, 0.3) is 0 Å². The van der Waals surface area contributed by atoms with E-state index in [1.807, 2.05) is 6.92 Å². The van der Waals surface area contributed by atoms with Crippen molar-refractivity contribution in [2.45, 2.75) is 45.8 Å². The van der Waals surface area contributed by atoms with Crippen molar-refractivity contribution in [1.29, 1.82) is 0 Å². The Hall–Kier alpha value is -1.27. The fourth-order valence-corrected chi connectivity index (χ4v) is 1.13. The van der Waals surface area contributed by atoms with E-state index in [2.05, 4.69) is 0 Å². The first kappa shape index (κ1) is 16.7. The van der Waals surface area contributed by atoms with Gasteiger partial charge in [0, 0.05) is 0 Å². The number of nitrogens with one attached hydrogen (secondary N) is 1. The van der Waals surface area contributed by atoms with Crippen LogP contribution in [0.15, 0.2) is 0 Å². The van der Waals surface area contributed by atoms with Gasteiger partial charge in [-0.25, -0.2) is 4.79 Å². The van der Waals surface area contributed by atoms with Crippen molar-refractivity contribution < 1.29 is 27.5 Å². The molecule has 0 aliphatic heterocycles. The van der Waals surface area contributed by atoms with Crippen LogP contribution in [-0.4, -0.2) is 30.7 Å². The number of rotatable bonds is 6. The molecule has 0 saturated carbocycles. The minimum atomic E-state index is -5.00. The van der Waals surface area contributed by atoms with Gasteiger partial charge in [0.15, 0.2) is 0 Å². The molecular formula is C11H18F3NO3. The van der Waals surface area contributed by atoms with Crippen molar-refractivity contribution >= 4 is 11.9 Å². The van der Waals surface area contributed by atoms with Gasteiger partial charge < -0.3 is 10.1 Å². The fraction of sp³-hybridized carbons (Fsp3) is 0.818. The SMILES string of the molecule is CCCCOC(=O)[C@@H](NC(=O)C(F)(F)F)C(C)C. The quantitative estimate of drug-likeness (QED) is 0.593. The van der Waals surface area contributed by atoms with Gasteiger partial charge in [-0.3, -0.25) is 4.79 Å². The third-order valence-corrected chi connectivity index (χ3v) is 2.21. The molecule has 0 aliphatic carbocycles. The lowest BCUT2D eigenvalue weighted by atomic mass is 10.0. The first-order valence-electron chi connectivity index (χ1n) is 5.74. The topological polar surface area (TPSA) is 55.4 Å². The number of carbonyl (C=O) groups excluding carboxylic acids is 2. The summed E-state index contributed by atoms with van der Waals surface area (Å²) in [5.74, 6) is -3.45. The largest absolute Gasteiger partial charge is 0.471 e. The second-order valence-electron chi connectivity index (χ2n) is 4.21. The predicted molar refractivity (Wildman–Crippen MR) is 58.7 cm³/mol. The van der Waals surface area contributed by atoms with Gasteiger partial charge in [0.2, 0.25) is 0 Å². The Balaban J connectivity index is 4.48. The second kappa shape index (κ2) is 7.23. The Morgan fingerprint density at radius 3 is 2.22 bits per heavy atom. The standard InChI is InChI=1S/C11H18F3NO3/c1-4-5-6-18-9(16)8(7(2)3)15-10(17)11(12,13)14/h7-8H,4-6H2,1-3H3,(H,15,17)/t8-/m0/s1. The highest BCUT2D eigenvalue weighted by Crippen LogP contribution is 2.16. The van der Waals surface area contributed by atoms with Crippen LogP contribution in [0.5, 0.6) is 0 Å². The van der Waals surface area contributed by atoms with E-state index < -0.39 is 30.0 Å². The highest BCUT2D eigenvalue weighted by atomic mass is 19.4. The normalized spacial score (nSPS) is 13.3. The van der Waals surface area contributed by atoms with Crippen molar-refractivity contribution in [3.05, 3.63) is 0 Å². The summed E-state index contributed by atoms with van der Waals surface area (Å²) < 4.78 is 41.0. The Morgan fingerprint density at radius 1 is 1.28 bits per heavy atom. The molecule has 0 unspecified atom stereocenters. The van der Waals surface area contributed by atoms with Crippen LogP contribution >= 0.6 is 0 Å². The van der Waals surface area contributed by atoms with Crippen molar-refractivity contribution in [1.82, 2.24) is 5.32 Å². The van der Waals surface area contributed by atoms with E-state index in [0.29, 0.717) is 6.42 Å². The summed E-state index contributed by atoms with van der Waals surface area (Å²) >= 11 is 0. The van der Waals surface area contributed by atoms with E-state index in [1.54, 1.807) is 5.32 Å². The molecule has 0 aliphatic rings. The molecule has 18 heavy (non-hydrogen) atoms. The average Bonchev–Trinajstić information content (AvgIpc) is 2.23. The molecule has 0 aromatic heterocycles. The number of esters is 1. The lowest BCUT2D eigenvalue weighted by Crippen LogP contribution is -2.50. The molecule has 0 bridgehead atoms. The third-order valence-electron chi connectivity index (χ3n) is 2.21. The zero-order chi connectivity index (χ0) is 14.3. The molecule has 0 spiro atoms. The van der Waals surface area contributed by atoms with Gasteiger partial charge >= 0.3 is 18.1 Å². The van der Waals surface area contributed by atoms with Crippen molar-refractivity contribution in [3.8, 4) is 0 Å². The van der Waals surface area contributed by atoms with Crippen molar-refractivity contribution in [2.75, 3.05) is 6.61 Å². The highest BCUT2D eigenvalue weighted by Gasteiger charge is 2.41. The van der Waals surface area contributed by atoms with Crippen LogP contribution in [0.3, 0.4) is 0 Å². The summed E-state index contributed by atoms with van der Waals surface area (Å²) in [6, 6.07) is -1.28. The third kappa shape index (κ3) is 5.88. The van der Waals surface area contributed by atoms with Gasteiger partial charge in [-0.05, 0) is 12.3 Å². The maximum absolute atomic E-state index is 12.1. The zero-order valence-electron chi connectivity index (χ0n) is 10.6.